The van der Waals surface area contributed by atoms with Crippen LogP contribution in [0.4, 0.5) is 8.78 Å². The van der Waals surface area contributed by atoms with Gasteiger partial charge in [0.2, 0.25) is 0 Å². The van der Waals surface area contributed by atoms with Crippen LogP contribution in [0.2, 0.25) is 0 Å². The number of aliphatic imine (C=N–C) groups is 1. The molecule has 120 valence electrons. The molecule has 5 nitrogen and oxygen atoms in total. The maximum atomic E-state index is 12.4. The molecule has 0 aliphatic rings. The van der Waals surface area contributed by atoms with E-state index in [9.17, 15) is 8.78 Å². The number of hydrogen-bond acceptors (Lipinski definition) is 3. The normalized spacial score (nSPS) is 10.9. The van der Waals surface area contributed by atoms with Crippen LogP contribution in [0.5, 0.6) is 11.5 Å². The lowest BCUT2D eigenvalue weighted by Gasteiger charge is -2.18. The van der Waals surface area contributed by atoms with E-state index in [0.717, 1.165) is 0 Å². The van der Waals surface area contributed by atoms with Gasteiger partial charge in [0.25, 0.3) is 0 Å². The average molecular weight is 415 g/mol. The molecule has 1 aromatic carbocycles. The lowest BCUT2D eigenvalue weighted by Crippen LogP contribution is -2.35. The van der Waals surface area contributed by atoms with Crippen molar-refractivity contribution < 1.29 is 18.3 Å². The van der Waals surface area contributed by atoms with Crippen LogP contribution < -0.4 is 14.8 Å². The Kier molecular flexibility index (Phi) is 8.98. The van der Waals surface area contributed by atoms with Crippen molar-refractivity contribution in [2.45, 2.75) is 13.2 Å². The first-order valence-corrected chi connectivity index (χ1v) is 5.97. The highest BCUT2D eigenvalue weighted by molar-refractivity contribution is 14.0. The highest BCUT2D eigenvalue weighted by Gasteiger charge is 2.11. The molecule has 8 heteroatoms. The van der Waals surface area contributed by atoms with Gasteiger partial charge < -0.3 is 19.7 Å². The van der Waals surface area contributed by atoms with Crippen LogP contribution in [0, 0.1) is 0 Å². The average Bonchev–Trinajstić information content (AvgIpc) is 2.40. The summed E-state index contributed by atoms with van der Waals surface area (Å²) in [5.74, 6) is 1.32. The molecule has 0 fully saturated rings. The Hall–Kier alpha value is -1.32. The largest absolute Gasteiger partial charge is 0.497 e. The second-order valence-corrected chi connectivity index (χ2v) is 4.15. The molecule has 0 heterocycles. The zero-order chi connectivity index (χ0) is 15.1. The zero-order valence-corrected chi connectivity index (χ0v) is 14.7. The van der Waals surface area contributed by atoms with Crippen LogP contribution in [0.25, 0.3) is 0 Å². The second-order valence-electron chi connectivity index (χ2n) is 4.15. The number of halogens is 3. The molecule has 0 amide bonds. The standard InChI is InChI=1S/C13H19F2N3O2.HI/c1-16-13(18(2)3)17-8-9-7-10(19-4)5-6-11(9)20-12(14)15;/h5-7,12H,8H2,1-4H3,(H,16,17);1H. The van der Waals surface area contributed by atoms with E-state index in [1.807, 2.05) is 14.1 Å². The fourth-order valence-corrected chi connectivity index (χ4v) is 1.64. The SMILES string of the molecule is CN=C(NCc1cc(OC)ccc1OC(F)F)N(C)C.I. The third-order valence-electron chi connectivity index (χ3n) is 2.56. The number of benzene rings is 1. The van der Waals surface area contributed by atoms with Gasteiger partial charge in [-0.15, -0.1) is 24.0 Å². The van der Waals surface area contributed by atoms with E-state index in [0.29, 0.717) is 23.8 Å². The molecule has 0 bridgehead atoms. The first-order valence-electron chi connectivity index (χ1n) is 5.97. The van der Waals surface area contributed by atoms with Crippen LogP contribution in [-0.2, 0) is 6.54 Å². The highest BCUT2D eigenvalue weighted by atomic mass is 127. The summed E-state index contributed by atoms with van der Waals surface area (Å²) in [6.07, 6.45) is 0. The van der Waals surface area contributed by atoms with Crippen molar-refractivity contribution in [3.63, 3.8) is 0 Å². The first-order chi connectivity index (χ1) is 9.47. The monoisotopic (exact) mass is 415 g/mol. The van der Waals surface area contributed by atoms with Crippen molar-refractivity contribution in [3.05, 3.63) is 23.8 Å². The van der Waals surface area contributed by atoms with E-state index in [-0.39, 0.29) is 29.7 Å². The number of nitrogens with zero attached hydrogens (tertiary/aromatic N) is 2. The maximum absolute atomic E-state index is 12.4. The Morgan fingerprint density at radius 2 is 2.05 bits per heavy atom. The van der Waals surface area contributed by atoms with Crippen LogP contribution in [0.1, 0.15) is 5.56 Å². The van der Waals surface area contributed by atoms with E-state index in [4.69, 9.17) is 4.74 Å². The Bertz CT molecular complexity index is 471. The fourth-order valence-electron chi connectivity index (χ4n) is 1.64. The van der Waals surface area contributed by atoms with Gasteiger partial charge in [0.05, 0.1) is 7.11 Å². The molecule has 0 atom stereocenters. The van der Waals surface area contributed by atoms with E-state index in [1.165, 1.54) is 13.2 Å². The molecule has 0 aromatic heterocycles. The predicted molar refractivity (Wildman–Crippen MR) is 88.9 cm³/mol. The van der Waals surface area contributed by atoms with Crippen molar-refractivity contribution in [2.24, 2.45) is 4.99 Å². The summed E-state index contributed by atoms with van der Waals surface area (Å²) >= 11 is 0. The molecule has 0 aliphatic carbocycles. The van der Waals surface area contributed by atoms with Gasteiger partial charge in [-0.3, -0.25) is 4.99 Å². The summed E-state index contributed by atoms with van der Waals surface area (Å²) in [4.78, 5) is 5.83. The molecule has 1 N–H and O–H groups in total. The highest BCUT2D eigenvalue weighted by Crippen LogP contribution is 2.25. The molecule has 1 aromatic rings. The first kappa shape index (κ1) is 19.7. The van der Waals surface area contributed by atoms with Crippen molar-refractivity contribution in [1.82, 2.24) is 10.2 Å². The van der Waals surface area contributed by atoms with E-state index >= 15 is 0 Å². The Morgan fingerprint density at radius 3 is 2.52 bits per heavy atom. The number of alkyl halides is 2. The quantitative estimate of drug-likeness (QED) is 0.456. The minimum Gasteiger partial charge on any atom is -0.497 e. The van der Waals surface area contributed by atoms with Crippen molar-refractivity contribution >= 4 is 29.9 Å². The van der Waals surface area contributed by atoms with Gasteiger partial charge in [-0.25, -0.2) is 0 Å². The molecular formula is C13H20F2IN3O2. The molecule has 0 unspecified atom stereocenters. The summed E-state index contributed by atoms with van der Waals surface area (Å²) in [7, 11) is 6.82. The molecule has 0 saturated heterocycles. The number of rotatable bonds is 5. The third-order valence-corrected chi connectivity index (χ3v) is 2.56. The number of methoxy groups -OCH3 is 1. The minimum absolute atomic E-state index is 0. The van der Waals surface area contributed by atoms with Gasteiger partial charge in [0.1, 0.15) is 11.5 Å². The third kappa shape index (κ3) is 6.32. The van der Waals surface area contributed by atoms with Crippen molar-refractivity contribution in [2.75, 3.05) is 28.3 Å². The molecular weight excluding hydrogens is 395 g/mol. The van der Waals surface area contributed by atoms with Gasteiger partial charge >= 0.3 is 6.61 Å². The maximum Gasteiger partial charge on any atom is 0.387 e. The van der Waals surface area contributed by atoms with Crippen molar-refractivity contribution in [3.8, 4) is 11.5 Å². The number of guanidine groups is 1. The van der Waals surface area contributed by atoms with E-state index in [2.05, 4.69) is 15.0 Å². The summed E-state index contributed by atoms with van der Waals surface area (Å²) in [5.41, 5.74) is 0.563. The number of hydrogen-bond donors (Lipinski definition) is 1. The molecule has 0 aliphatic heterocycles. The second kappa shape index (κ2) is 9.59. The fraction of sp³-hybridized carbons (Fsp3) is 0.462. The summed E-state index contributed by atoms with van der Waals surface area (Å²) in [6, 6.07) is 4.68. The Labute approximate surface area is 140 Å². The Morgan fingerprint density at radius 1 is 1.38 bits per heavy atom. The van der Waals surface area contributed by atoms with Gasteiger partial charge in [0.15, 0.2) is 5.96 Å². The van der Waals surface area contributed by atoms with Crippen LogP contribution >= 0.6 is 24.0 Å². The van der Waals surface area contributed by atoms with Crippen LogP contribution in [-0.4, -0.2) is 45.7 Å². The lowest BCUT2D eigenvalue weighted by molar-refractivity contribution is -0.0505. The van der Waals surface area contributed by atoms with Crippen LogP contribution in [0.3, 0.4) is 0 Å². The number of ether oxygens (including phenoxy) is 2. The molecule has 1 rings (SSSR count). The van der Waals surface area contributed by atoms with Gasteiger partial charge in [-0.1, -0.05) is 0 Å². The Balaban J connectivity index is 0.00000400. The smallest absolute Gasteiger partial charge is 0.387 e. The molecule has 0 spiro atoms. The summed E-state index contributed by atoms with van der Waals surface area (Å²) in [5, 5.41) is 3.05. The number of nitrogens with one attached hydrogen (secondary N) is 1. The van der Waals surface area contributed by atoms with E-state index in [1.54, 1.807) is 24.1 Å². The minimum atomic E-state index is -2.87. The zero-order valence-electron chi connectivity index (χ0n) is 12.4. The summed E-state index contributed by atoms with van der Waals surface area (Å²) < 4.78 is 34.3. The molecule has 0 radical (unpaired) electrons. The topological polar surface area (TPSA) is 46.1 Å². The van der Waals surface area contributed by atoms with Gasteiger partial charge in [0, 0.05) is 33.3 Å². The molecule has 21 heavy (non-hydrogen) atoms. The van der Waals surface area contributed by atoms with Crippen molar-refractivity contribution in [1.29, 1.82) is 0 Å². The van der Waals surface area contributed by atoms with Gasteiger partial charge in [-0.2, -0.15) is 8.78 Å². The predicted octanol–water partition coefficient (Wildman–Crippen LogP) is 2.55. The van der Waals surface area contributed by atoms with Gasteiger partial charge in [-0.05, 0) is 18.2 Å². The molecule has 0 saturated carbocycles. The summed E-state index contributed by atoms with van der Waals surface area (Å²) in [6.45, 7) is -2.57. The lowest BCUT2D eigenvalue weighted by atomic mass is 10.2. The van der Waals surface area contributed by atoms with E-state index < -0.39 is 6.61 Å². The van der Waals surface area contributed by atoms with Crippen LogP contribution in [0.15, 0.2) is 23.2 Å².